The van der Waals surface area contributed by atoms with Crippen LogP contribution in [0.4, 0.5) is 0 Å². The van der Waals surface area contributed by atoms with E-state index in [0.29, 0.717) is 24.0 Å². The number of hydrogen-bond acceptors (Lipinski definition) is 4. The summed E-state index contributed by atoms with van der Waals surface area (Å²) in [5.74, 6) is 1.07. The zero-order chi connectivity index (χ0) is 13.5. The second-order valence-corrected chi connectivity index (χ2v) is 4.53. The molecule has 0 spiro atoms. The molecule has 0 aliphatic rings. The third kappa shape index (κ3) is 4.24. The molecule has 1 aromatic rings. The Morgan fingerprint density at radius 1 is 1.56 bits per heavy atom. The number of ether oxygens (including phenoxy) is 1. The number of nitrogens with zero attached hydrogens (tertiary/aromatic N) is 2. The molecule has 18 heavy (non-hydrogen) atoms. The van der Waals surface area contributed by atoms with Crippen LogP contribution in [0.1, 0.15) is 37.9 Å². The molecule has 0 bridgehead atoms. The summed E-state index contributed by atoms with van der Waals surface area (Å²) in [5, 5.41) is 11.6. The Morgan fingerprint density at radius 2 is 2.28 bits per heavy atom. The van der Waals surface area contributed by atoms with Crippen molar-refractivity contribution in [1.82, 2.24) is 4.98 Å². The number of pyridine rings is 1. The van der Waals surface area contributed by atoms with Crippen molar-refractivity contribution in [2.45, 2.75) is 33.6 Å². The molecule has 1 unspecified atom stereocenters. The third-order valence-electron chi connectivity index (χ3n) is 2.63. The van der Waals surface area contributed by atoms with Gasteiger partial charge in [-0.25, -0.2) is 4.98 Å². The Labute approximate surface area is 108 Å². The van der Waals surface area contributed by atoms with E-state index in [1.807, 2.05) is 6.92 Å². The number of oxime groups is 1. The second-order valence-electron chi connectivity index (χ2n) is 4.53. The van der Waals surface area contributed by atoms with Crippen molar-refractivity contribution in [3.05, 3.63) is 23.4 Å². The molecule has 0 radical (unpaired) electrons. The molecule has 0 aliphatic carbocycles. The SMILES string of the molecule is CCCC(C)COc1cc(/C(N)=N/O)cc(C)n1. The summed E-state index contributed by atoms with van der Waals surface area (Å²) in [6.07, 6.45) is 2.26. The van der Waals surface area contributed by atoms with Crippen molar-refractivity contribution >= 4 is 5.84 Å². The summed E-state index contributed by atoms with van der Waals surface area (Å²) in [5.41, 5.74) is 6.94. The predicted molar refractivity (Wildman–Crippen MR) is 71.1 cm³/mol. The standard InChI is InChI=1S/C13H21N3O2/c1-4-5-9(2)8-18-12-7-11(13(14)16-17)6-10(3)15-12/h6-7,9,17H,4-5,8H2,1-3H3,(H2,14,16). The number of aryl methyl sites for hydroxylation is 1. The number of nitrogens with two attached hydrogens (primary N) is 1. The summed E-state index contributed by atoms with van der Waals surface area (Å²) in [4.78, 5) is 4.27. The fourth-order valence-corrected chi connectivity index (χ4v) is 1.72. The van der Waals surface area contributed by atoms with Crippen molar-refractivity contribution in [1.29, 1.82) is 0 Å². The number of aromatic nitrogens is 1. The van der Waals surface area contributed by atoms with E-state index >= 15 is 0 Å². The maximum atomic E-state index is 8.66. The average Bonchev–Trinajstić information content (AvgIpc) is 2.35. The predicted octanol–water partition coefficient (Wildman–Crippen LogP) is 2.30. The van der Waals surface area contributed by atoms with Gasteiger partial charge in [-0.05, 0) is 25.3 Å². The first kappa shape index (κ1) is 14.3. The smallest absolute Gasteiger partial charge is 0.214 e. The molecule has 5 nitrogen and oxygen atoms in total. The van der Waals surface area contributed by atoms with Crippen molar-refractivity contribution in [3.63, 3.8) is 0 Å². The molecule has 1 heterocycles. The van der Waals surface area contributed by atoms with Gasteiger partial charge in [-0.15, -0.1) is 0 Å². The lowest BCUT2D eigenvalue weighted by Gasteiger charge is -2.12. The van der Waals surface area contributed by atoms with Crippen LogP contribution in [0.3, 0.4) is 0 Å². The van der Waals surface area contributed by atoms with E-state index in [0.717, 1.165) is 18.5 Å². The van der Waals surface area contributed by atoms with E-state index in [-0.39, 0.29) is 5.84 Å². The average molecular weight is 251 g/mol. The number of amidine groups is 1. The van der Waals surface area contributed by atoms with Gasteiger partial charge in [0.25, 0.3) is 0 Å². The summed E-state index contributed by atoms with van der Waals surface area (Å²) in [6.45, 7) is 6.76. The Morgan fingerprint density at radius 3 is 2.89 bits per heavy atom. The molecule has 0 aliphatic heterocycles. The van der Waals surface area contributed by atoms with Crippen LogP contribution in [-0.2, 0) is 0 Å². The highest BCUT2D eigenvalue weighted by Crippen LogP contribution is 2.14. The highest BCUT2D eigenvalue weighted by molar-refractivity contribution is 5.97. The van der Waals surface area contributed by atoms with Gasteiger partial charge in [-0.3, -0.25) is 0 Å². The Kier molecular flexibility index (Phi) is 5.42. The minimum atomic E-state index is 0.0620. The van der Waals surface area contributed by atoms with E-state index < -0.39 is 0 Å². The van der Waals surface area contributed by atoms with E-state index in [4.69, 9.17) is 15.7 Å². The van der Waals surface area contributed by atoms with Crippen molar-refractivity contribution in [2.24, 2.45) is 16.8 Å². The maximum Gasteiger partial charge on any atom is 0.214 e. The van der Waals surface area contributed by atoms with Crippen LogP contribution in [0.15, 0.2) is 17.3 Å². The van der Waals surface area contributed by atoms with Gasteiger partial charge >= 0.3 is 0 Å². The summed E-state index contributed by atoms with van der Waals surface area (Å²) in [6, 6.07) is 3.43. The molecule has 0 amide bonds. The minimum absolute atomic E-state index is 0.0620. The topological polar surface area (TPSA) is 80.7 Å². The van der Waals surface area contributed by atoms with Gasteiger partial charge in [0.2, 0.25) is 5.88 Å². The van der Waals surface area contributed by atoms with Gasteiger partial charge in [0.15, 0.2) is 5.84 Å². The molecule has 0 saturated heterocycles. The molecule has 1 aromatic heterocycles. The quantitative estimate of drug-likeness (QED) is 0.352. The van der Waals surface area contributed by atoms with Crippen LogP contribution in [-0.4, -0.2) is 22.6 Å². The monoisotopic (exact) mass is 251 g/mol. The molecular formula is C13H21N3O2. The Bertz CT molecular complexity index is 419. The van der Waals surface area contributed by atoms with E-state index in [9.17, 15) is 0 Å². The first-order valence-corrected chi connectivity index (χ1v) is 6.16. The molecule has 0 saturated carbocycles. The largest absolute Gasteiger partial charge is 0.477 e. The van der Waals surface area contributed by atoms with Crippen LogP contribution in [0, 0.1) is 12.8 Å². The van der Waals surface area contributed by atoms with Crippen molar-refractivity contribution in [3.8, 4) is 5.88 Å². The van der Waals surface area contributed by atoms with E-state index in [1.54, 1.807) is 12.1 Å². The van der Waals surface area contributed by atoms with Gasteiger partial charge in [-0.2, -0.15) is 0 Å². The molecule has 1 atom stereocenters. The first-order valence-electron chi connectivity index (χ1n) is 6.16. The molecule has 1 rings (SSSR count). The molecule has 100 valence electrons. The first-order chi connectivity index (χ1) is 8.56. The van der Waals surface area contributed by atoms with Crippen LogP contribution >= 0.6 is 0 Å². The van der Waals surface area contributed by atoms with Gasteiger partial charge in [0.1, 0.15) is 0 Å². The Hall–Kier alpha value is -1.78. The minimum Gasteiger partial charge on any atom is -0.477 e. The highest BCUT2D eigenvalue weighted by atomic mass is 16.5. The lowest BCUT2D eigenvalue weighted by molar-refractivity contribution is 0.242. The number of hydrogen-bond donors (Lipinski definition) is 2. The normalized spacial score (nSPS) is 13.4. The summed E-state index contributed by atoms with van der Waals surface area (Å²) < 4.78 is 5.63. The van der Waals surface area contributed by atoms with Crippen LogP contribution in [0.25, 0.3) is 0 Å². The molecule has 0 fully saturated rings. The van der Waals surface area contributed by atoms with Crippen LogP contribution in [0.2, 0.25) is 0 Å². The van der Waals surface area contributed by atoms with Gasteiger partial charge < -0.3 is 15.7 Å². The highest BCUT2D eigenvalue weighted by Gasteiger charge is 2.07. The second kappa shape index (κ2) is 6.83. The van der Waals surface area contributed by atoms with Crippen molar-refractivity contribution in [2.75, 3.05) is 6.61 Å². The van der Waals surface area contributed by atoms with Gasteiger partial charge in [0, 0.05) is 17.3 Å². The molecule has 5 heteroatoms. The van der Waals surface area contributed by atoms with Crippen LogP contribution in [0.5, 0.6) is 5.88 Å². The zero-order valence-corrected chi connectivity index (χ0v) is 11.2. The fraction of sp³-hybridized carbons (Fsp3) is 0.538. The van der Waals surface area contributed by atoms with Crippen molar-refractivity contribution < 1.29 is 9.94 Å². The lowest BCUT2D eigenvalue weighted by Crippen LogP contribution is -2.15. The van der Waals surface area contributed by atoms with Gasteiger partial charge in [-0.1, -0.05) is 25.4 Å². The zero-order valence-electron chi connectivity index (χ0n) is 11.2. The van der Waals surface area contributed by atoms with Gasteiger partial charge in [0.05, 0.1) is 6.61 Å². The number of rotatable bonds is 6. The molecular weight excluding hydrogens is 230 g/mol. The maximum absolute atomic E-state index is 8.66. The third-order valence-corrected chi connectivity index (χ3v) is 2.63. The fourth-order valence-electron chi connectivity index (χ4n) is 1.72. The van der Waals surface area contributed by atoms with E-state index in [2.05, 4.69) is 24.0 Å². The Balaban J connectivity index is 2.74. The van der Waals surface area contributed by atoms with Crippen LogP contribution < -0.4 is 10.5 Å². The van der Waals surface area contributed by atoms with E-state index in [1.165, 1.54) is 0 Å². The molecule has 0 aromatic carbocycles. The lowest BCUT2D eigenvalue weighted by atomic mass is 10.1. The summed E-state index contributed by atoms with van der Waals surface area (Å²) >= 11 is 0. The molecule has 3 N–H and O–H groups in total. The summed E-state index contributed by atoms with van der Waals surface area (Å²) in [7, 11) is 0.